The van der Waals surface area contributed by atoms with Crippen molar-refractivity contribution in [1.29, 1.82) is 0 Å². The molecule has 222 valence electrons. The standard InChI is InChI=1S/C46H33N/c1-45(2)38-23-10-6-19-32(38)34-21-14-22-35(42(34)45)37-28-27-36-33-20-9-13-26-41(33)46(43(36)44(37)47-29-15-4-3-5-16-29)39-24-11-7-17-30(39)31-18-8-12-25-40(31)46/h3-28,47H,1-2H3. The van der Waals surface area contributed by atoms with Gasteiger partial charge in [-0.05, 0) is 78.9 Å². The normalized spacial score (nSPS) is 14.9. The summed E-state index contributed by atoms with van der Waals surface area (Å²) in [5.41, 5.74) is 20.3. The maximum atomic E-state index is 4.06. The van der Waals surface area contributed by atoms with Crippen LogP contribution in [0.15, 0.2) is 158 Å². The molecule has 1 nitrogen and oxygen atoms in total. The molecular weight excluding hydrogens is 567 g/mol. The van der Waals surface area contributed by atoms with E-state index in [9.17, 15) is 0 Å². The molecule has 3 aliphatic carbocycles. The molecule has 0 bridgehead atoms. The van der Waals surface area contributed by atoms with Crippen molar-refractivity contribution in [3.63, 3.8) is 0 Å². The van der Waals surface area contributed by atoms with Crippen LogP contribution in [0.4, 0.5) is 11.4 Å². The van der Waals surface area contributed by atoms with E-state index in [4.69, 9.17) is 0 Å². The first-order chi connectivity index (χ1) is 23.1. The van der Waals surface area contributed by atoms with Crippen LogP contribution in [0.1, 0.15) is 47.2 Å². The number of rotatable bonds is 3. The molecule has 1 spiro atoms. The van der Waals surface area contributed by atoms with Crippen LogP contribution in [0.25, 0.3) is 44.5 Å². The van der Waals surface area contributed by atoms with Gasteiger partial charge in [-0.15, -0.1) is 0 Å². The molecule has 10 rings (SSSR count). The van der Waals surface area contributed by atoms with E-state index in [0.29, 0.717) is 0 Å². The lowest BCUT2D eigenvalue weighted by Crippen LogP contribution is -2.27. The summed E-state index contributed by atoms with van der Waals surface area (Å²) in [5.74, 6) is 0. The highest BCUT2D eigenvalue weighted by Crippen LogP contribution is 2.66. The molecule has 0 amide bonds. The van der Waals surface area contributed by atoms with E-state index >= 15 is 0 Å². The van der Waals surface area contributed by atoms with Crippen LogP contribution in [-0.2, 0) is 10.8 Å². The van der Waals surface area contributed by atoms with E-state index < -0.39 is 5.41 Å². The maximum Gasteiger partial charge on any atom is 0.0746 e. The van der Waals surface area contributed by atoms with Crippen molar-refractivity contribution in [3.05, 3.63) is 191 Å². The number of hydrogen-bond donors (Lipinski definition) is 1. The molecule has 0 saturated heterocycles. The zero-order chi connectivity index (χ0) is 31.3. The molecule has 47 heavy (non-hydrogen) atoms. The summed E-state index contributed by atoms with van der Waals surface area (Å²) in [7, 11) is 0. The summed E-state index contributed by atoms with van der Waals surface area (Å²) in [6.45, 7) is 4.78. The van der Waals surface area contributed by atoms with Crippen LogP contribution in [-0.4, -0.2) is 0 Å². The van der Waals surface area contributed by atoms with Crippen molar-refractivity contribution in [2.24, 2.45) is 0 Å². The van der Waals surface area contributed by atoms with E-state index in [1.807, 2.05) is 0 Å². The predicted molar refractivity (Wildman–Crippen MR) is 195 cm³/mol. The van der Waals surface area contributed by atoms with Crippen LogP contribution >= 0.6 is 0 Å². The zero-order valence-corrected chi connectivity index (χ0v) is 26.5. The van der Waals surface area contributed by atoms with Crippen molar-refractivity contribution < 1.29 is 0 Å². The smallest absolute Gasteiger partial charge is 0.0746 e. The van der Waals surface area contributed by atoms with Crippen molar-refractivity contribution in [2.75, 3.05) is 5.32 Å². The van der Waals surface area contributed by atoms with Crippen LogP contribution in [0.5, 0.6) is 0 Å². The Bertz CT molecular complexity index is 2350. The fraction of sp³-hybridized carbons (Fsp3) is 0.0870. The Balaban J connectivity index is 1.36. The molecule has 0 unspecified atom stereocenters. The average molecular weight is 600 g/mol. The molecule has 3 aliphatic rings. The Morgan fingerprint density at radius 1 is 0.340 bits per heavy atom. The van der Waals surface area contributed by atoms with Gasteiger partial charge in [0.1, 0.15) is 0 Å². The SMILES string of the molecule is CC1(C)c2ccccc2-c2cccc(-c3ccc4c(c3Nc3ccccc3)C3(c5ccccc5-c5ccccc53)c3ccccc3-4)c21. The van der Waals surface area contributed by atoms with Gasteiger partial charge >= 0.3 is 0 Å². The molecule has 0 atom stereocenters. The molecule has 7 aromatic carbocycles. The maximum absolute atomic E-state index is 4.06. The zero-order valence-electron chi connectivity index (χ0n) is 26.5. The van der Waals surface area contributed by atoms with Crippen LogP contribution in [0, 0.1) is 0 Å². The number of nitrogens with one attached hydrogen (secondary N) is 1. The second-order valence-corrected chi connectivity index (χ2v) is 13.7. The van der Waals surface area contributed by atoms with Gasteiger partial charge in [0.2, 0.25) is 0 Å². The molecule has 0 heterocycles. The highest BCUT2D eigenvalue weighted by atomic mass is 14.9. The Hall–Kier alpha value is -5.66. The van der Waals surface area contributed by atoms with Gasteiger partial charge in [-0.25, -0.2) is 0 Å². The summed E-state index contributed by atoms with van der Waals surface area (Å²) < 4.78 is 0. The number of fused-ring (bicyclic) bond motifs is 13. The van der Waals surface area contributed by atoms with Gasteiger partial charge in [-0.2, -0.15) is 0 Å². The highest BCUT2D eigenvalue weighted by molar-refractivity contribution is 6.03. The average Bonchev–Trinajstić information content (AvgIpc) is 3.68. The Morgan fingerprint density at radius 2 is 0.745 bits per heavy atom. The first-order valence-corrected chi connectivity index (χ1v) is 16.6. The van der Waals surface area contributed by atoms with Crippen molar-refractivity contribution in [2.45, 2.75) is 24.7 Å². The van der Waals surface area contributed by atoms with Crippen LogP contribution in [0.2, 0.25) is 0 Å². The summed E-state index contributed by atoms with van der Waals surface area (Å²) >= 11 is 0. The van der Waals surface area contributed by atoms with Crippen molar-refractivity contribution in [3.8, 4) is 44.5 Å². The monoisotopic (exact) mass is 599 g/mol. The number of anilines is 2. The third-order valence-electron chi connectivity index (χ3n) is 11.1. The van der Waals surface area contributed by atoms with E-state index in [2.05, 4.69) is 177 Å². The Morgan fingerprint density at radius 3 is 1.34 bits per heavy atom. The van der Waals surface area contributed by atoms with E-state index in [-0.39, 0.29) is 5.41 Å². The van der Waals surface area contributed by atoms with Gasteiger partial charge in [0.15, 0.2) is 0 Å². The largest absolute Gasteiger partial charge is 0.355 e. The minimum Gasteiger partial charge on any atom is -0.355 e. The quantitative estimate of drug-likeness (QED) is 0.213. The summed E-state index contributed by atoms with van der Waals surface area (Å²) in [4.78, 5) is 0. The highest BCUT2D eigenvalue weighted by Gasteiger charge is 2.53. The number of hydrogen-bond acceptors (Lipinski definition) is 1. The molecule has 0 saturated carbocycles. The third kappa shape index (κ3) is 3.34. The summed E-state index contributed by atoms with van der Waals surface area (Å²) in [6.07, 6.45) is 0. The van der Waals surface area contributed by atoms with Gasteiger partial charge in [-0.1, -0.05) is 159 Å². The first kappa shape index (κ1) is 26.5. The molecule has 0 aliphatic heterocycles. The molecule has 1 N–H and O–H groups in total. The number of para-hydroxylation sites is 1. The molecule has 0 radical (unpaired) electrons. The third-order valence-corrected chi connectivity index (χ3v) is 11.1. The second kappa shape index (κ2) is 9.44. The molecule has 0 fully saturated rings. The van der Waals surface area contributed by atoms with Gasteiger partial charge in [-0.3, -0.25) is 0 Å². The number of benzene rings is 7. The Labute approximate surface area is 276 Å². The minimum atomic E-state index is -0.456. The lowest BCUT2D eigenvalue weighted by molar-refractivity contribution is 0.662. The van der Waals surface area contributed by atoms with Crippen LogP contribution < -0.4 is 5.32 Å². The van der Waals surface area contributed by atoms with Gasteiger partial charge < -0.3 is 5.32 Å². The van der Waals surface area contributed by atoms with Crippen molar-refractivity contribution >= 4 is 11.4 Å². The molecule has 7 aromatic rings. The predicted octanol–water partition coefficient (Wildman–Crippen LogP) is 11.7. The summed E-state index contributed by atoms with van der Waals surface area (Å²) in [5, 5.41) is 4.06. The lowest BCUT2D eigenvalue weighted by atomic mass is 9.69. The molecular formula is C46H33N. The molecule has 1 heteroatoms. The van der Waals surface area contributed by atoms with Gasteiger partial charge in [0, 0.05) is 22.2 Å². The van der Waals surface area contributed by atoms with E-state index in [0.717, 1.165) is 5.69 Å². The van der Waals surface area contributed by atoms with E-state index in [1.54, 1.807) is 0 Å². The van der Waals surface area contributed by atoms with Gasteiger partial charge in [0.25, 0.3) is 0 Å². The van der Waals surface area contributed by atoms with Gasteiger partial charge in [0.05, 0.1) is 11.1 Å². The second-order valence-electron chi connectivity index (χ2n) is 13.7. The fourth-order valence-corrected chi connectivity index (χ4v) is 9.28. The Kier molecular flexibility index (Phi) is 5.33. The lowest BCUT2D eigenvalue weighted by Gasteiger charge is -2.33. The van der Waals surface area contributed by atoms with Crippen LogP contribution in [0.3, 0.4) is 0 Å². The summed E-state index contributed by atoms with van der Waals surface area (Å²) in [6, 6.07) is 58.5. The van der Waals surface area contributed by atoms with Crippen molar-refractivity contribution in [1.82, 2.24) is 0 Å². The van der Waals surface area contributed by atoms with E-state index in [1.165, 1.54) is 83.6 Å². The fourth-order valence-electron chi connectivity index (χ4n) is 9.28. The molecule has 0 aromatic heterocycles. The minimum absolute atomic E-state index is 0.140. The first-order valence-electron chi connectivity index (χ1n) is 16.6. The topological polar surface area (TPSA) is 12.0 Å².